The van der Waals surface area contributed by atoms with Crippen LogP contribution in [0.3, 0.4) is 0 Å². The van der Waals surface area contributed by atoms with Gasteiger partial charge in [-0.25, -0.2) is 6.08 Å². The maximum absolute atomic E-state index is 3.32. The maximum Gasteiger partial charge on any atom is 1.00 e. The zero-order chi connectivity index (χ0) is 12.7. The van der Waals surface area contributed by atoms with E-state index in [9.17, 15) is 0 Å². The van der Waals surface area contributed by atoms with Crippen LogP contribution in [0.1, 0.15) is 11.1 Å². The van der Waals surface area contributed by atoms with Gasteiger partial charge in [0.25, 0.3) is 0 Å². The number of hydrogen-bond acceptors (Lipinski definition) is 0. The smallest absolute Gasteiger partial charge is 0.272 e. The summed E-state index contributed by atoms with van der Waals surface area (Å²) in [6, 6.07) is 21.7. The summed E-state index contributed by atoms with van der Waals surface area (Å²) in [7, 11) is 0. The summed E-state index contributed by atoms with van der Waals surface area (Å²) < 4.78 is 0. The topological polar surface area (TPSA) is 0 Å². The summed E-state index contributed by atoms with van der Waals surface area (Å²) in [5, 5.41) is 2.61. The van der Waals surface area contributed by atoms with Gasteiger partial charge in [-0.05, 0) is 16.3 Å². The SMILES string of the molecule is [C-]1=Cc2c(cccc2-c2cccc3ccccc23)C1.[K+]. The molecule has 0 amide bonds. The van der Waals surface area contributed by atoms with Gasteiger partial charge in [0.15, 0.2) is 0 Å². The fourth-order valence-electron chi connectivity index (χ4n) is 2.90. The molecule has 1 aliphatic carbocycles. The Morgan fingerprint density at radius 3 is 2.45 bits per heavy atom. The molecule has 0 aromatic heterocycles. The fraction of sp³-hybridized carbons (Fsp3) is 0.0526. The van der Waals surface area contributed by atoms with Crippen molar-refractivity contribution in [1.29, 1.82) is 0 Å². The second kappa shape index (κ2) is 5.96. The van der Waals surface area contributed by atoms with Gasteiger partial charge in [-0.15, -0.1) is 12.0 Å². The molecule has 1 heteroatoms. The molecule has 0 aliphatic heterocycles. The molecule has 3 aromatic carbocycles. The van der Waals surface area contributed by atoms with E-state index < -0.39 is 0 Å². The van der Waals surface area contributed by atoms with Gasteiger partial charge >= 0.3 is 51.4 Å². The van der Waals surface area contributed by atoms with Crippen LogP contribution in [0.5, 0.6) is 0 Å². The van der Waals surface area contributed by atoms with Crippen LogP contribution in [-0.4, -0.2) is 0 Å². The van der Waals surface area contributed by atoms with Gasteiger partial charge in [-0.3, -0.25) is 6.08 Å². The van der Waals surface area contributed by atoms with Crippen LogP contribution in [0, 0.1) is 6.08 Å². The van der Waals surface area contributed by atoms with Gasteiger partial charge in [-0.2, -0.15) is 5.56 Å². The molecule has 4 rings (SSSR count). The summed E-state index contributed by atoms with van der Waals surface area (Å²) in [4.78, 5) is 0. The molecular formula is C19H13K. The number of benzene rings is 3. The molecule has 0 atom stereocenters. The molecule has 0 spiro atoms. The molecule has 1 aliphatic rings. The second-order valence-electron chi connectivity index (χ2n) is 4.93. The Hall–Kier alpha value is -0.704. The molecule has 0 radical (unpaired) electrons. The van der Waals surface area contributed by atoms with Crippen LogP contribution < -0.4 is 51.4 Å². The molecule has 0 nitrogen and oxygen atoms in total. The molecule has 3 aromatic rings. The van der Waals surface area contributed by atoms with Gasteiger partial charge in [0.1, 0.15) is 0 Å². The summed E-state index contributed by atoms with van der Waals surface area (Å²) in [6.07, 6.45) is 6.39. The molecule has 90 valence electrons. The van der Waals surface area contributed by atoms with Crippen molar-refractivity contribution in [3.8, 4) is 11.1 Å². The van der Waals surface area contributed by atoms with E-state index >= 15 is 0 Å². The monoisotopic (exact) mass is 280 g/mol. The van der Waals surface area contributed by atoms with E-state index in [2.05, 4.69) is 72.8 Å². The van der Waals surface area contributed by atoms with Gasteiger partial charge in [-0.1, -0.05) is 66.2 Å². The third-order valence-electron chi connectivity index (χ3n) is 3.82. The van der Waals surface area contributed by atoms with Crippen LogP contribution in [0.4, 0.5) is 0 Å². The van der Waals surface area contributed by atoms with E-state index in [1.54, 1.807) is 0 Å². The van der Waals surface area contributed by atoms with Gasteiger partial charge in [0, 0.05) is 0 Å². The molecule has 0 fully saturated rings. The van der Waals surface area contributed by atoms with Crippen molar-refractivity contribution < 1.29 is 51.4 Å². The molecule has 0 heterocycles. The Labute approximate surface area is 161 Å². The van der Waals surface area contributed by atoms with Gasteiger partial charge in [0.2, 0.25) is 0 Å². The fourth-order valence-corrected chi connectivity index (χ4v) is 2.90. The standard InChI is InChI=1S/C19H13.K/c1-2-10-16-14(6-1)8-4-12-18(16)19-13-5-9-15-7-3-11-17(15)19;/h1-2,4-6,8-13H,7H2;/q-1;+1. The van der Waals surface area contributed by atoms with E-state index in [0.717, 1.165) is 6.42 Å². The zero-order valence-corrected chi connectivity index (χ0v) is 14.7. The molecular weight excluding hydrogens is 267 g/mol. The quantitative estimate of drug-likeness (QED) is 0.472. The first-order valence-electron chi connectivity index (χ1n) is 6.60. The first kappa shape index (κ1) is 14.2. The number of rotatable bonds is 1. The van der Waals surface area contributed by atoms with E-state index in [0.29, 0.717) is 0 Å². The average molecular weight is 280 g/mol. The Bertz CT molecular complexity index is 794. The Kier molecular flexibility index (Phi) is 4.25. The van der Waals surface area contributed by atoms with Crippen LogP contribution in [0.2, 0.25) is 0 Å². The van der Waals surface area contributed by atoms with Crippen LogP contribution in [0.15, 0.2) is 60.7 Å². The van der Waals surface area contributed by atoms with Crippen molar-refractivity contribution in [2.75, 3.05) is 0 Å². The third kappa shape index (κ3) is 2.34. The maximum atomic E-state index is 3.32. The minimum absolute atomic E-state index is 0. The second-order valence-corrected chi connectivity index (χ2v) is 4.93. The average Bonchev–Trinajstić information content (AvgIpc) is 2.95. The summed E-state index contributed by atoms with van der Waals surface area (Å²) >= 11 is 0. The van der Waals surface area contributed by atoms with E-state index in [1.165, 1.54) is 33.0 Å². The molecule has 0 N–H and O–H groups in total. The third-order valence-corrected chi connectivity index (χ3v) is 3.82. The van der Waals surface area contributed by atoms with Crippen LogP contribution in [0.25, 0.3) is 28.0 Å². The molecule has 0 unspecified atom stereocenters. The van der Waals surface area contributed by atoms with Crippen LogP contribution >= 0.6 is 0 Å². The minimum Gasteiger partial charge on any atom is -0.272 e. The first-order chi connectivity index (χ1) is 9.43. The molecule has 0 saturated heterocycles. The summed E-state index contributed by atoms with van der Waals surface area (Å²) in [5.74, 6) is 0. The Morgan fingerprint density at radius 2 is 1.50 bits per heavy atom. The van der Waals surface area contributed by atoms with Gasteiger partial charge < -0.3 is 0 Å². The van der Waals surface area contributed by atoms with Crippen molar-refractivity contribution in [1.82, 2.24) is 0 Å². The predicted octanol–water partition coefficient (Wildman–Crippen LogP) is 1.88. The number of hydrogen-bond donors (Lipinski definition) is 0. The number of fused-ring (bicyclic) bond motifs is 2. The van der Waals surface area contributed by atoms with Crippen molar-refractivity contribution in [2.45, 2.75) is 6.42 Å². The molecule has 20 heavy (non-hydrogen) atoms. The van der Waals surface area contributed by atoms with Crippen LogP contribution in [-0.2, 0) is 6.42 Å². The Balaban J connectivity index is 0.00000121. The van der Waals surface area contributed by atoms with E-state index in [1.807, 2.05) is 0 Å². The van der Waals surface area contributed by atoms with Crippen molar-refractivity contribution in [3.05, 3.63) is 77.9 Å². The van der Waals surface area contributed by atoms with Crippen molar-refractivity contribution in [3.63, 3.8) is 0 Å². The predicted molar refractivity (Wildman–Crippen MR) is 80.8 cm³/mol. The molecule has 0 bridgehead atoms. The Morgan fingerprint density at radius 1 is 0.750 bits per heavy atom. The summed E-state index contributed by atoms with van der Waals surface area (Å²) in [5.41, 5.74) is 5.35. The minimum atomic E-state index is 0. The summed E-state index contributed by atoms with van der Waals surface area (Å²) in [6.45, 7) is 0. The molecule has 0 saturated carbocycles. The number of allylic oxidation sites excluding steroid dienone is 1. The normalized spacial score (nSPS) is 12.2. The largest absolute Gasteiger partial charge is 1.00 e. The first-order valence-corrected chi connectivity index (χ1v) is 6.60. The van der Waals surface area contributed by atoms with Crippen molar-refractivity contribution in [2.24, 2.45) is 0 Å². The van der Waals surface area contributed by atoms with Crippen molar-refractivity contribution >= 4 is 16.8 Å². The zero-order valence-electron chi connectivity index (χ0n) is 11.6. The van der Waals surface area contributed by atoms with E-state index in [-0.39, 0.29) is 51.4 Å². The van der Waals surface area contributed by atoms with Gasteiger partial charge in [0.05, 0.1) is 0 Å². The van der Waals surface area contributed by atoms with E-state index in [4.69, 9.17) is 0 Å².